The van der Waals surface area contributed by atoms with E-state index in [1.807, 2.05) is 6.07 Å². The van der Waals surface area contributed by atoms with Gasteiger partial charge in [0.05, 0.1) is 12.8 Å². The summed E-state index contributed by atoms with van der Waals surface area (Å²) < 4.78 is 5.40. The van der Waals surface area contributed by atoms with Gasteiger partial charge < -0.3 is 4.42 Å². The van der Waals surface area contributed by atoms with Crippen molar-refractivity contribution in [2.24, 2.45) is 5.41 Å². The third-order valence-electron chi connectivity index (χ3n) is 4.14. The van der Waals surface area contributed by atoms with Gasteiger partial charge in [0.1, 0.15) is 5.76 Å². The van der Waals surface area contributed by atoms with Crippen molar-refractivity contribution in [2.45, 2.75) is 38.6 Å². The highest BCUT2D eigenvalue weighted by molar-refractivity contribution is 5.00. The van der Waals surface area contributed by atoms with E-state index < -0.39 is 0 Å². The molecular weight excluding hydrogens is 186 g/mol. The standard InChI is InChI=1S/C13H19NO/c1-2-6-13(5-1)7-8-14(11-13)10-12-4-3-9-15-12/h3-4,9H,1-2,5-8,10-11H2. The van der Waals surface area contributed by atoms with Crippen LogP contribution in [0.2, 0.25) is 0 Å². The Labute approximate surface area is 91.3 Å². The van der Waals surface area contributed by atoms with Crippen LogP contribution in [0.15, 0.2) is 22.8 Å². The third-order valence-corrected chi connectivity index (χ3v) is 4.14. The second kappa shape index (κ2) is 3.67. The maximum Gasteiger partial charge on any atom is 0.117 e. The van der Waals surface area contributed by atoms with Crippen molar-refractivity contribution in [1.82, 2.24) is 4.90 Å². The lowest BCUT2D eigenvalue weighted by Crippen LogP contribution is -2.24. The summed E-state index contributed by atoms with van der Waals surface area (Å²) >= 11 is 0. The van der Waals surface area contributed by atoms with Crippen LogP contribution < -0.4 is 0 Å². The van der Waals surface area contributed by atoms with E-state index in [4.69, 9.17) is 4.42 Å². The molecule has 2 nitrogen and oxygen atoms in total. The van der Waals surface area contributed by atoms with E-state index in [0.717, 1.165) is 12.3 Å². The quantitative estimate of drug-likeness (QED) is 0.738. The van der Waals surface area contributed by atoms with Gasteiger partial charge >= 0.3 is 0 Å². The topological polar surface area (TPSA) is 16.4 Å². The SMILES string of the molecule is c1coc(CN2CCC3(CCCC3)C2)c1. The smallest absolute Gasteiger partial charge is 0.117 e. The second-order valence-corrected chi connectivity index (χ2v) is 5.25. The molecule has 2 heterocycles. The molecule has 1 aromatic heterocycles. The molecule has 1 saturated carbocycles. The highest BCUT2D eigenvalue weighted by atomic mass is 16.3. The first-order valence-electron chi connectivity index (χ1n) is 6.11. The summed E-state index contributed by atoms with van der Waals surface area (Å²) in [6.07, 6.45) is 9.01. The first kappa shape index (κ1) is 9.46. The number of hydrogen-bond acceptors (Lipinski definition) is 2. The van der Waals surface area contributed by atoms with E-state index in [1.165, 1.54) is 45.2 Å². The fourth-order valence-electron chi connectivity index (χ4n) is 3.32. The zero-order valence-electron chi connectivity index (χ0n) is 9.24. The van der Waals surface area contributed by atoms with Gasteiger partial charge in [-0.3, -0.25) is 4.90 Å². The van der Waals surface area contributed by atoms with Gasteiger partial charge in [-0.1, -0.05) is 12.8 Å². The van der Waals surface area contributed by atoms with Gasteiger partial charge in [0.15, 0.2) is 0 Å². The summed E-state index contributed by atoms with van der Waals surface area (Å²) in [6.45, 7) is 3.57. The van der Waals surface area contributed by atoms with Crippen LogP contribution in [-0.4, -0.2) is 18.0 Å². The zero-order valence-corrected chi connectivity index (χ0v) is 9.24. The fourth-order valence-corrected chi connectivity index (χ4v) is 3.32. The van der Waals surface area contributed by atoms with Gasteiger partial charge in [-0.25, -0.2) is 0 Å². The molecule has 1 saturated heterocycles. The zero-order chi connectivity index (χ0) is 10.1. The van der Waals surface area contributed by atoms with Crippen molar-refractivity contribution in [3.63, 3.8) is 0 Å². The predicted molar refractivity (Wildman–Crippen MR) is 59.5 cm³/mol. The van der Waals surface area contributed by atoms with Crippen molar-refractivity contribution < 1.29 is 4.42 Å². The van der Waals surface area contributed by atoms with Crippen LogP contribution in [0.25, 0.3) is 0 Å². The van der Waals surface area contributed by atoms with E-state index in [1.54, 1.807) is 6.26 Å². The molecule has 1 aliphatic carbocycles. The average molecular weight is 205 g/mol. The van der Waals surface area contributed by atoms with Crippen LogP contribution >= 0.6 is 0 Å². The molecule has 1 aromatic rings. The Bertz CT molecular complexity index is 311. The third kappa shape index (κ3) is 1.83. The molecule has 0 unspecified atom stereocenters. The van der Waals surface area contributed by atoms with E-state index in [2.05, 4.69) is 11.0 Å². The van der Waals surface area contributed by atoms with Crippen molar-refractivity contribution in [3.8, 4) is 0 Å². The Kier molecular flexibility index (Phi) is 2.32. The van der Waals surface area contributed by atoms with Crippen LogP contribution in [0.3, 0.4) is 0 Å². The minimum absolute atomic E-state index is 0.687. The lowest BCUT2D eigenvalue weighted by Gasteiger charge is -2.23. The van der Waals surface area contributed by atoms with Gasteiger partial charge in [0.25, 0.3) is 0 Å². The Balaban J connectivity index is 1.61. The molecule has 1 aliphatic heterocycles. The van der Waals surface area contributed by atoms with Gasteiger partial charge in [0.2, 0.25) is 0 Å². The maximum absolute atomic E-state index is 5.40. The molecule has 82 valence electrons. The summed E-state index contributed by atoms with van der Waals surface area (Å²) in [7, 11) is 0. The summed E-state index contributed by atoms with van der Waals surface area (Å²) in [4.78, 5) is 2.56. The van der Waals surface area contributed by atoms with Gasteiger partial charge in [0, 0.05) is 6.54 Å². The fraction of sp³-hybridized carbons (Fsp3) is 0.692. The lowest BCUT2D eigenvalue weighted by atomic mass is 9.86. The highest BCUT2D eigenvalue weighted by Gasteiger charge is 2.39. The van der Waals surface area contributed by atoms with Gasteiger partial charge in [-0.15, -0.1) is 0 Å². The first-order chi connectivity index (χ1) is 7.36. The Morgan fingerprint density at radius 1 is 1.27 bits per heavy atom. The minimum atomic E-state index is 0.687. The van der Waals surface area contributed by atoms with Crippen LogP contribution in [0, 0.1) is 5.41 Å². The molecule has 0 atom stereocenters. The number of hydrogen-bond donors (Lipinski definition) is 0. The van der Waals surface area contributed by atoms with Crippen molar-refractivity contribution in [2.75, 3.05) is 13.1 Å². The van der Waals surface area contributed by atoms with Gasteiger partial charge in [-0.2, -0.15) is 0 Å². The highest BCUT2D eigenvalue weighted by Crippen LogP contribution is 2.45. The van der Waals surface area contributed by atoms with E-state index >= 15 is 0 Å². The average Bonchev–Trinajstić information content (AvgIpc) is 2.92. The molecule has 0 amide bonds. The molecular formula is C13H19NO. The molecule has 2 fully saturated rings. The number of likely N-dealkylation sites (tertiary alicyclic amines) is 1. The molecule has 3 rings (SSSR count). The lowest BCUT2D eigenvalue weighted by molar-refractivity contribution is 0.242. The molecule has 0 N–H and O–H groups in total. The first-order valence-corrected chi connectivity index (χ1v) is 6.11. The van der Waals surface area contributed by atoms with Crippen LogP contribution in [0.4, 0.5) is 0 Å². The van der Waals surface area contributed by atoms with E-state index in [9.17, 15) is 0 Å². The summed E-state index contributed by atoms with van der Waals surface area (Å²) in [5.74, 6) is 1.12. The summed E-state index contributed by atoms with van der Waals surface area (Å²) in [6, 6.07) is 4.07. The number of furan rings is 1. The molecule has 2 aliphatic rings. The minimum Gasteiger partial charge on any atom is -0.468 e. The van der Waals surface area contributed by atoms with E-state index in [0.29, 0.717) is 5.41 Å². The largest absolute Gasteiger partial charge is 0.468 e. The Hall–Kier alpha value is -0.760. The Morgan fingerprint density at radius 3 is 2.87 bits per heavy atom. The molecule has 2 heteroatoms. The van der Waals surface area contributed by atoms with E-state index in [-0.39, 0.29) is 0 Å². The maximum atomic E-state index is 5.40. The van der Waals surface area contributed by atoms with Crippen molar-refractivity contribution in [3.05, 3.63) is 24.2 Å². The molecule has 0 bridgehead atoms. The molecule has 1 spiro atoms. The molecule has 0 radical (unpaired) electrons. The normalized spacial score (nSPS) is 25.3. The molecule has 15 heavy (non-hydrogen) atoms. The van der Waals surface area contributed by atoms with Crippen molar-refractivity contribution >= 4 is 0 Å². The summed E-state index contributed by atoms with van der Waals surface area (Å²) in [5.41, 5.74) is 0.687. The van der Waals surface area contributed by atoms with Crippen LogP contribution in [-0.2, 0) is 6.54 Å². The Morgan fingerprint density at radius 2 is 2.13 bits per heavy atom. The van der Waals surface area contributed by atoms with Crippen LogP contribution in [0.5, 0.6) is 0 Å². The molecule has 0 aromatic carbocycles. The van der Waals surface area contributed by atoms with Gasteiger partial charge in [-0.05, 0) is 43.4 Å². The van der Waals surface area contributed by atoms with Crippen molar-refractivity contribution in [1.29, 1.82) is 0 Å². The predicted octanol–water partition coefficient (Wildman–Crippen LogP) is 3.05. The summed E-state index contributed by atoms with van der Waals surface area (Å²) in [5, 5.41) is 0. The number of nitrogens with zero attached hydrogens (tertiary/aromatic N) is 1. The monoisotopic (exact) mass is 205 g/mol. The van der Waals surface area contributed by atoms with Crippen LogP contribution in [0.1, 0.15) is 37.9 Å². The number of rotatable bonds is 2. The second-order valence-electron chi connectivity index (χ2n) is 5.25.